The lowest BCUT2D eigenvalue weighted by Gasteiger charge is -2.27. The molecule has 1 N–H and O–H groups in total. The number of imidazole rings is 1. The number of benzene rings is 7. The summed E-state index contributed by atoms with van der Waals surface area (Å²) in [6.45, 7) is 8.61. The largest absolute Gasteiger partial charge is 0.507 e. The van der Waals surface area contributed by atoms with Crippen molar-refractivity contribution in [2.75, 3.05) is 0 Å². The fourth-order valence-corrected chi connectivity index (χ4v) is 8.25. The van der Waals surface area contributed by atoms with Gasteiger partial charge in [0.2, 0.25) is 0 Å². The van der Waals surface area contributed by atoms with Gasteiger partial charge in [0.15, 0.2) is 0 Å². The molecule has 0 radical (unpaired) electrons. The SMILES string of the molecule is [2H]C([2H])([2H])c1cnc(-c2cc(-c3cccc4c3nc(-c3cc(C(C)(C)C)ccc3O)n4-c3ccccc3-c3ccccc3)cc(C(C)(C)c3ccccc3)c2)cc1-c1ccccc1. The van der Waals surface area contributed by atoms with E-state index in [1.165, 1.54) is 6.20 Å². The number of fused-ring (bicyclic) bond motifs is 1. The van der Waals surface area contributed by atoms with Gasteiger partial charge in [-0.25, -0.2) is 4.98 Å². The van der Waals surface area contributed by atoms with E-state index < -0.39 is 12.3 Å². The van der Waals surface area contributed by atoms with E-state index in [1.54, 1.807) is 6.07 Å². The summed E-state index contributed by atoms with van der Waals surface area (Å²) in [6, 6.07) is 59.4. The predicted octanol–water partition coefficient (Wildman–Crippen LogP) is 14.4. The fraction of sp³-hybridized carbons (Fsp3) is 0.143. The van der Waals surface area contributed by atoms with Crippen molar-refractivity contribution in [3.63, 3.8) is 0 Å². The van der Waals surface area contributed by atoms with Crippen LogP contribution >= 0.6 is 0 Å². The maximum absolute atomic E-state index is 11.7. The fourth-order valence-electron chi connectivity index (χ4n) is 8.25. The zero-order valence-electron chi connectivity index (χ0n) is 37.6. The van der Waals surface area contributed by atoms with Crippen molar-refractivity contribution in [3.05, 3.63) is 204 Å². The van der Waals surface area contributed by atoms with Gasteiger partial charge in [0.05, 0.1) is 28.0 Å². The summed E-state index contributed by atoms with van der Waals surface area (Å²) in [5.41, 5.74) is 13.0. The van der Waals surface area contributed by atoms with E-state index in [1.807, 2.05) is 72.8 Å². The van der Waals surface area contributed by atoms with Crippen LogP contribution in [-0.4, -0.2) is 19.6 Å². The van der Waals surface area contributed by atoms with Gasteiger partial charge in [0.25, 0.3) is 0 Å². The Balaban J connectivity index is 1.34. The number of phenolic OH excluding ortho intramolecular Hbond substituents is 1. The number of hydrogen-bond acceptors (Lipinski definition) is 3. The highest BCUT2D eigenvalue weighted by Crippen LogP contribution is 2.43. The van der Waals surface area contributed by atoms with E-state index in [9.17, 15) is 5.11 Å². The van der Waals surface area contributed by atoms with E-state index >= 15 is 0 Å². The molecule has 0 spiro atoms. The van der Waals surface area contributed by atoms with E-state index in [4.69, 9.17) is 14.1 Å². The number of nitrogens with zero attached hydrogens (tertiary/aromatic N) is 3. The monoisotopic (exact) mass is 782 g/mol. The van der Waals surface area contributed by atoms with Gasteiger partial charge in [-0.2, -0.15) is 0 Å². The Morgan fingerprint density at radius 3 is 1.85 bits per heavy atom. The molecule has 9 aromatic rings. The van der Waals surface area contributed by atoms with Crippen molar-refractivity contribution >= 4 is 11.0 Å². The van der Waals surface area contributed by atoms with Crippen LogP contribution in [0.15, 0.2) is 182 Å². The predicted molar refractivity (Wildman–Crippen MR) is 250 cm³/mol. The first-order valence-electron chi connectivity index (χ1n) is 22.0. The van der Waals surface area contributed by atoms with Crippen LogP contribution in [0.5, 0.6) is 5.75 Å². The highest BCUT2D eigenvalue weighted by Gasteiger charge is 2.27. The van der Waals surface area contributed by atoms with Crippen LogP contribution in [0.3, 0.4) is 0 Å². The van der Waals surface area contributed by atoms with Gasteiger partial charge >= 0.3 is 0 Å². The van der Waals surface area contributed by atoms with Gasteiger partial charge < -0.3 is 5.11 Å². The van der Waals surface area contributed by atoms with E-state index in [0.29, 0.717) is 22.6 Å². The molecule has 0 aliphatic carbocycles. The molecule has 0 atom stereocenters. The van der Waals surface area contributed by atoms with Crippen molar-refractivity contribution in [2.24, 2.45) is 0 Å². The molecule has 4 nitrogen and oxygen atoms in total. The first-order chi connectivity index (χ1) is 30.2. The van der Waals surface area contributed by atoms with Crippen molar-refractivity contribution in [1.29, 1.82) is 0 Å². The molecule has 9 rings (SSSR count). The average molecular weight is 783 g/mol. The second kappa shape index (κ2) is 15.3. The maximum atomic E-state index is 11.7. The lowest BCUT2D eigenvalue weighted by Crippen LogP contribution is -2.19. The summed E-state index contributed by atoms with van der Waals surface area (Å²) in [4.78, 5) is 10.4. The third-order valence-electron chi connectivity index (χ3n) is 11.8. The van der Waals surface area contributed by atoms with Crippen molar-refractivity contribution in [3.8, 4) is 67.5 Å². The number of aromatic nitrogens is 3. The second-order valence-corrected chi connectivity index (χ2v) is 17.1. The Morgan fingerprint density at radius 1 is 0.517 bits per heavy atom. The molecular formula is C56H49N3O. The number of hydrogen-bond donors (Lipinski definition) is 1. The molecule has 2 heterocycles. The Kier molecular flexibility index (Phi) is 8.90. The minimum absolute atomic E-state index is 0.146. The third-order valence-corrected chi connectivity index (χ3v) is 11.8. The van der Waals surface area contributed by atoms with Gasteiger partial charge in [0, 0.05) is 32.4 Å². The Bertz CT molecular complexity index is 3110. The highest BCUT2D eigenvalue weighted by molar-refractivity contribution is 5.98. The van der Waals surface area contributed by atoms with Gasteiger partial charge in [0.1, 0.15) is 11.6 Å². The van der Waals surface area contributed by atoms with Crippen LogP contribution in [0.25, 0.3) is 72.7 Å². The number of aromatic hydroxyl groups is 1. The number of rotatable bonds is 8. The molecule has 0 fully saturated rings. The molecule has 0 aliphatic heterocycles. The summed E-state index contributed by atoms with van der Waals surface area (Å²) in [6.07, 6.45) is 1.51. The quantitative estimate of drug-likeness (QED) is 0.167. The molecule has 0 saturated heterocycles. The average Bonchev–Trinajstić information content (AvgIpc) is 3.68. The smallest absolute Gasteiger partial charge is 0.149 e. The van der Waals surface area contributed by atoms with E-state index in [-0.39, 0.29) is 16.7 Å². The first kappa shape index (κ1) is 35.0. The summed E-state index contributed by atoms with van der Waals surface area (Å²) >= 11 is 0. The zero-order valence-corrected chi connectivity index (χ0v) is 34.6. The summed E-state index contributed by atoms with van der Waals surface area (Å²) in [7, 11) is 0. The molecule has 4 heteroatoms. The molecule has 60 heavy (non-hydrogen) atoms. The van der Waals surface area contributed by atoms with Crippen LogP contribution in [0.4, 0.5) is 0 Å². The summed E-state index contributed by atoms with van der Waals surface area (Å²) in [5.74, 6) is 0.771. The highest BCUT2D eigenvalue weighted by atomic mass is 16.3. The Hall–Kier alpha value is -7.04. The Labute approximate surface area is 357 Å². The molecule has 294 valence electrons. The van der Waals surface area contributed by atoms with Crippen molar-refractivity contribution in [2.45, 2.75) is 52.3 Å². The van der Waals surface area contributed by atoms with E-state index in [0.717, 1.165) is 66.8 Å². The normalized spacial score (nSPS) is 12.8. The van der Waals surface area contributed by atoms with Gasteiger partial charge in [-0.15, -0.1) is 0 Å². The van der Waals surface area contributed by atoms with Crippen LogP contribution in [0.2, 0.25) is 0 Å². The minimum Gasteiger partial charge on any atom is -0.507 e. The number of phenols is 1. The molecule has 0 saturated carbocycles. The lowest BCUT2D eigenvalue weighted by atomic mass is 9.76. The van der Waals surface area contributed by atoms with Crippen LogP contribution < -0.4 is 0 Å². The van der Waals surface area contributed by atoms with Crippen molar-refractivity contribution < 1.29 is 9.22 Å². The molecule has 0 bridgehead atoms. The van der Waals surface area contributed by atoms with Gasteiger partial charge in [-0.05, 0) is 99.2 Å². The summed E-state index contributed by atoms with van der Waals surface area (Å²) < 4.78 is 27.4. The van der Waals surface area contributed by atoms with Gasteiger partial charge in [-0.1, -0.05) is 168 Å². The molecule has 2 aromatic heterocycles. The standard InChI is InChI=1S/C56H49N3O/c1-37-36-57-49(35-47(37)39-21-12-8-13-22-39)41-31-40(32-44(33-41)56(5,6)42-23-14-9-15-24-42)46-26-18-28-51-53(46)58-54(48-34-43(55(2,3)4)29-30-52(48)60)59(51)50-27-17-16-25-45(50)38-19-10-7-11-20-38/h7-36,60H,1-6H3/i1D3. The minimum atomic E-state index is -2.36. The molecule has 7 aromatic carbocycles. The molecule has 0 amide bonds. The van der Waals surface area contributed by atoms with Crippen LogP contribution in [-0.2, 0) is 10.8 Å². The molecule has 0 unspecified atom stereocenters. The number of aryl methyl sites for hydroxylation is 1. The van der Waals surface area contributed by atoms with E-state index in [2.05, 4.69) is 136 Å². The van der Waals surface area contributed by atoms with Crippen LogP contribution in [0, 0.1) is 6.85 Å². The zero-order chi connectivity index (χ0) is 44.1. The lowest BCUT2D eigenvalue weighted by molar-refractivity contribution is 0.475. The topological polar surface area (TPSA) is 50.9 Å². The summed E-state index contributed by atoms with van der Waals surface area (Å²) in [5, 5.41) is 11.7. The van der Waals surface area contributed by atoms with Crippen molar-refractivity contribution in [1.82, 2.24) is 14.5 Å². The third kappa shape index (κ3) is 7.09. The second-order valence-electron chi connectivity index (χ2n) is 17.1. The molecule has 0 aliphatic rings. The molecular weight excluding hydrogens is 731 g/mol. The van der Waals surface area contributed by atoms with Gasteiger partial charge in [-0.3, -0.25) is 9.55 Å². The Morgan fingerprint density at radius 2 is 1.15 bits per heavy atom. The van der Waals surface area contributed by atoms with Crippen LogP contribution in [0.1, 0.15) is 61.0 Å². The first-order valence-corrected chi connectivity index (χ1v) is 20.5. The number of pyridine rings is 1. The number of para-hydroxylation sites is 2. The maximum Gasteiger partial charge on any atom is 0.149 e.